The number of nitrogens with one attached hydrogen (secondary N) is 1. The fraction of sp³-hybridized carbons (Fsp3) is 0.154. The van der Waals surface area contributed by atoms with Gasteiger partial charge in [0.15, 0.2) is 0 Å². The Kier molecular flexibility index (Phi) is 3.30. The van der Waals surface area contributed by atoms with Crippen LogP contribution < -0.4 is 5.32 Å². The number of thioether (sulfide) groups is 1. The molecule has 1 aromatic heterocycles. The second-order valence-electron chi connectivity index (χ2n) is 4.38. The molecule has 0 unspecified atom stereocenters. The van der Waals surface area contributed by atoms with Crippen LogP contribution >= 0.6 is 11.8 Å². The Bertz CT molecular complexity index is 741. The molecule has 1 atom stereocenters. The van der Waals surface area contributed by atoms with E-state index >= 15 is 0 Å². The van der Waals surface area contributed by atoms with E-state index < -0.39 is 12.0 Å². The van der Waals surface area contributed by atoms with E-state index in [1.165, 1.54) is 17.8 Å². The van der Waals surface area contributed by atoms with Crippen LogP contribution in [0.3, 0.4) is 0 Å². The summed E-state index contributed by atoms with van der Waals surface area (Å²) in [5.41, 5.74) is 0.576. The van der Waals surface area contributed by atoms with Crippen LogP contribution in [0, 0.1) is 0 Å². The maximum atomic E-state index is 11.2. The number of hydrogen-bond donors (Lipinski definition) is 3. The third-order valence-electron chi connectivity index (χ3n) is 3.11. The maximum absolute atomic E-state index is 11.2. The van der Waals surface area contributed by atoms with Crippen LogP contribution in [0.2, 0.25) is 0 Å². The third-order valence-corrected chi connectivity index (χ3v) is 3.65. The van der Waals surface area contributed by atoms with Gasteiger partial charge in [0.05, 0.1) is 0 Å². The van der Waals surface area contributed by atoms with Gasteiger partial charge in [-0.15, -0.1) is 5.10 Å². The zero-order valence-electron chi connectivity index (χ0n) is 11.0. The monoisotopic (exact) mass is 304 g/mol. The molecule has 1 aliphatic rings. The number of para-hydroxylation sites is 1. The Morgan fingerprint density at radius 2 is 2.19 bits per heavy atom. The molecule has 8 heteroatoms. The summed E-state index contributed by atoms with van der Waals surface area (Å²) in [7, 11) is 0. The van der Waals surface area contributed by atoms with Crippen LogP contribution in [-0.2, 0) is 4.79 Å². The van der Waals surface area contributed by atoms with Gasteiger partial charge in [0.2, 0.25) is 11.1 Å². The van der Waals surface area contributed by atoms with Gasteiger partial charge in [-0.05, 0) is 18.4 Å². The van der Waals surface area contributed by atoms with Gasteiger partial charge < -0.3 is 15.5 Å². The molecule has 0 saturated carbocycles. The number of carboxylic acid groups (broad SMARTS) is 1. The highest BCUT2D eigenvalue weighted by molar-refractivity contribution is 7.98. The molecule has 0 bridgehead atoms. The summed E-state index contributed by atoms with van der Waals surface area (Å²) in [5.74, 6) is -0.666. The van der Waals surface area contributed by atoms with Crippen LogP contribution in [0.4, 0.5) is 5.95 Å². The average Bonchev–Trinajstić information content (AvgIpc) is 2.90. The van der Waals surface area contributed by atoms with E-state index in [1.54, 1.807) is 28.9 Å². The molecule has 0 amide bonds. The molecular formula is C13H12N4O3S. The molecule has 0 saturated heterocycles. The van der Waals surface area contributed by atoms with Crippen molar-refractivity contribution in [2.75, 3.05) is 11.6 Å². The maximum Gasteiger partial charge on any atom is 0.352 e. The van der Waals surface area contributed by atoms with Gasteiger partial charge >= 0.3 is 5.97 Å². The molecule has 3 rings (SSSR count). The molecular weight excluding hydrogens is 292 g/mol. The zero-order chi connectivity index (χ0) is 15.0. The number of anilines is 1. The normalized spacial score (nSPS) is 16.8. The fourth-order valence-electron chi connectivity index (χ4n) is 2.14. The Morgan fingerprint density at radius 1 is 1.43 bits per heavy atom. The van der Waals surface area contributed by atoms with Crippen molar-refractivity contribution in [3.8, 4) is 5.75 Å². The predicted octanol–water partition coefficient (Wildman–Crippen LogP) is 1.69. The summed E-state index contributed by atoms with van der Waals surface area (Å²) in [6.07, 6.45) is 3.34. The molecule has 108 valence electrons. The van der Waals surface area contributed by atoms with Gasteiger partial charge in [-0.25, -0.2) is 9.48 Å². The smallest absolute Gasteiger partial charge is 0.352 e. The molecule has 7 nitrogen and oxygen atoms in total. The van der Waals surface area contributed by atoms with Crippen LogP contribution in [-0.4, -0.2) is 37.2 Å². The molecule has 0 fully saturated rings. The highest BCUT2D eigenvalue weighted by Gasteiger charge is 2.28. The topological polar surface area (TPSA) is 100 Å². The summed E-state index contributed by atoms with van der Waals surface area (Å²) < 4.78 is 1.56. The van der Waals surface area contributed by atoms with Crippen LogP contribution in [0.1, 0.15) is 11.6 Å². The van der Waals surface area contributed by atoms with E-state index in [-0.39, 0.29) is 11.4 Å². The van der Waals surface area contributed by atoms with Crippen molar-refractivity contribution in [3.05, 3.63) is 41.6 Å². The second-order valence-corrected chi connectivity index (χ2v) is 5.15. The average molecular weight is 304 g/mol. The number of rotatable bonds is 3. The molecule has 3 N–H and O–H groups in total. The molecule has 1 aliphatic heterocycles. The largest absolute Gasteiger partial charge is 0.508 e. The minimum Gasteiger partial charge on any atom is -0.508 e. The summed E-state index contributed by atoms with van der Waals surface area (Å²) >= 11 is 1.36. The lowest BCUT2D eigenvalue weighted by molar-refractivity contribution is -0.132. The summed E-state index contributed by atoms with van der Waals surface area (Å²) in [6, 6.07) is 6.24. The molecule has 0 radical (unpaired) electrons. The number of aromatic nitrogens is 3. The Labute approximate surface area is 124 Å². The van der Waals surface area contributed by atoms with E-state index in [0.717, 1.165) is 0 Å². The number of carboxylic acids is 1. The lowest BCUT2D eigenvalue weighted by Gasteiger charge is -2.22. The molecule has 0 spiro atoms. The fourth-order valence-corrected chi connectivity index (χ4v) is 2.49. The minimum atomic E-state index is -1.09. The van der Waals surface area contributed by atoms with Gasteiger partial charge in [0, 0.05) is 5.56 Å². The Hall–Kier alpha value is -2.48. The Morgan fingerprint density at radius 3 is 2.86 bits per heavy atom. The first-order valence-electron chi connectivity index (χ1n) is 6.10. The highest BCUT2D eigenvalue weighted by Crippen LogP contribution is 2.34. The van der Waals surface area contributed by atoms with Crippen molar-refractivity contribution in [2.24, 2.45) is 0 Å². The first-order valence-corrected chi connectivity index (χ1v) is 7.33. The third kappa shape index (κ3) is 2.33. The molecule has 21 heavy (non-hydrogen) atoms. The Balaban J connectivity index is 2.15. The molecule has 1 aromatic carbocycles. The van der Waals surface area contributed by atoms with Crippen molar-refractivity contribution in [1.82, 2.24) is 14.8 Å². The number of hydrogen-bond acceptors (Lipinski definition) is 6. The number of benzene rings is 1. The van der Waals surface area contributed by atoms with Crippen molar-refractivity contribution in [1.29, 1.82) is 0 Å². The molecule has 2 heterocycles. The second kappa shape index (κ2) is 5.13. The van der Waals surface area contributed by atoms with E-state index in [9.17, 15) is 15.0 Å². The number of nitrogens with zero attached hydrogens (tertiary/aromatic N) is 3. The van der Waals surface area contributed by atoms with Crippen molar-refractivity contribution < 1.29 is 15.0 Å². The SMILES string of the molecule is CSc1nc2n(n1)[C@H](c1ccccc1O)C=C(C(=O)O)N2. The van der Waals surface area contributed by atoms with Gasteiger partial charge in [0.25, 0.3) is 0 Å². The number of aliphatic carboxylic acids is 1. The molecule has 0 aliphatic carbocycles. The van der Waals surface area contributed by atoms with Gasteiger partial charge in [-0.1, -0.05) is 30.0 Å². The van der Waals surface area contributed by atoms with Crippen molar-refractivity contribution in [3.63, 3.8) is 0 Å². The van der Waals surface area contributed by atoms with Gasteiger partial charge in [0.1, 0.15) is 17.5 Å². The summed E-state index contributed by atoms with van der Waals surface area (Å²) in [6.45, 7) is 0. The van der Waals surface area contributed by atoms with E-state index in [1.807, 2.05) is 6.26 Å². The number of fused-ring (bicyclic) bond motifs is 1. The number of carbonyl (C=O) groups is 1. The standard InChI is InChI=1S/C13H12N4O3S/c1-21-13-15-12-14-8(11(19)20)6-9(17(12)16-13)7-4-2-3-5-10(7)18/h2-6,9,18H,1H3,(H,19,20)(H,14,15,16)/t9-/m0/s1. The van der Waals surface area contributed by atoms with Crippen LogP contribution in [0.5, 0.6) is 5.75 Å². The van der Waals surface area contributed by atoms with Crippen molar-refractivity contribution >= 4 is 23.7 Å². The lowest BCUT2D eigenvalue weighted by Crippen LogP contribution is -2.24. The highest BCUT2D eigenvalue weighted by atomic mass is 32.2. The quantitative estimate of drug-likeness (QED) is 0.742. The van der Waals surface area contributed by atoms with Crippen LogP contribution in [0.15, 0.2) is 41.2 Å². The summed E-state index contributed by atoms with van der Waals surface area (Å²) in [4.78, 5) is 15.5. The van der Waals surface area contributed by atoms with E-state index in [4.69, 9.17) is 0 Å². The number of allylic oxidation sites excluding steroid dienone is 1. The van der Waals surface area contributed by atoms with E-state index in [2.05, 4.69) is 15.4 Å². The molecule has 2 aromatic rings. The van der Waals surface area contributed by atoms with Gasteiger partial charge in [-0.2, -0.15) is 4.98 Å². The van der Waals surface area contributed by atoms with E-state index in [0.29, 0.717) is 16.7 Å². The lowest BCUT2D eigenvalue weighted by atomic mass is 10.0. The number of phenols is 1. The van der Waals surface area contributed by atoms with Crippen LogP contribution in [0.25, 0.3) is 0 Å². The predicted molar refractivity (Wildman–Crippen MR) is 77.4 cm³/mol. The first kappa shape index (κ1) is 13.5. The number of phenolic OH excluding ortho intramolecular Hbond substituents is 1. The first-order chi connectivity index (χ1) is 10.1. The minimum absolute atomic E-state index is 0.0100. The zero-order valence-corrected chi connectivity index (χ0v) is 11.8. The van der Waals surface area contributed by atoms with Gasteiger partial charge in [-0.3, -0.25) is 0 Å². The number of aromatic hydroxyl groups is 1. The summed E-state index contributed by atoms with van der Waals surface area (Å²) in [5, 5.41) is 26.8. The van der Waals surface area contributed by atoms with Crippen molar-refractivity contribution in [2.45, 2.75) is 11.2 Å².